The van der Waals surface area contributed by atoms with Crippen LogP contribution < -0.4 is 10.7 Å². The van der Waals surface area contributed by atoms with Gasteiger partial charge in [0.05, 0.1) is 12.1 Å². The maximum Gasteiger partial charge on any atom is 0.417 e. The van der Waals surface area contributed by atoms with Crippen molar-refractivity contribution in [3.8, 4) is 0 Å². The third kappa shape index (κ3) is 3.82. The van der Waals surface area contributed by atoms with Gasteiger partial charge in [0, 0.05) is 29.2 Å². The number of oxazole rings is 1. The third-order valence-electron chi connectivity index (χ3n) is 5.12. The number of aryl methyl sites for hydroxylation is 1. The summed E-state index contributed by atoms with van der Waals surface area (Å²) < 4.78 is 5.16. The summed E-state index contributed by atoms with van der Waals surface area (Å²) in [6, 6.07) is 20.6. The standard InChI is InChI=1S/C23H19N3O2.ClH/c27-23-25-20-11-9-16(14-22(20)28-23)8-10-18-15-26(13-12-24-18)21-7-3-5-17-4-1-2-6-19(17)21;/h1-7,9,11-14H,8,10,15H2,(H,25,27);1H. The fourth-order valence-corrected chi connectivity index (χ4v) is 3.71. The Morgan fingerprint density at radius 2 is 1.90 bits per heavy atom. The summed E-state index contributed by atoms with van der Waals surface area (Å²) in [5, 5.41) is 2.47. The Kier molecular flexibility index (Phi) is 5.23. The summed E-state index contributed by atoms with van der Waals surface area (Å²) in [5.74, 6) is -0.417. The molecule has 0 atom stereocenters. The van der Waals surface area contributed by atoms with E-state index in [1.54, 1.807) is 0 Å². The van der Waals surface area contributed by atoms with Gasteiger partial charge < -0.3 is 9.32 Å². The molecule has 2 heterocycles. The molecule has 0 amide bonds. The van der Waals surface area contributed by atoms with E-state index >= 15 is 0 Å². The van der Waals surface area contributed by atoms with Crippen LogP contribution in [0.5, 0.6) is 0 Å². The van der Waals surface area contributed by atoms with Gasteiger partial charge in [0.2, 0.25) is 0 Å². The molecule has 0 unspecified atom stereocenters. The molecule has 0 aliphatic carbocycles. The number of anilines is 1. The number of nitrogens with zero attached hydrogens (tertiary/aromatic N) is 2. The summed E-state index contributed by atoms with van der Waals surface area (Å²) >= 11 is 0. The first-order valence-corrected chi connectivity index (χ1v) is 9.35. The number of nitrogens with one attached hydrogen (secondary N) is 1. The number of benzene rings is 3. The van der Waals surface area contributed by atoms with Crippen molar-refractivity contribution < 1.29 is 4.42 Å². The van der Waals surface area contributed by atoms with Crippen molar-refractivity contribution in [2.24, 2.45) is 4.99 Å². The van der Waals surface area contributed by atoms with E-state index in [1.807, 2.05) is 30.6 Å². The molecule has 5 rings (SSSR count). The molecular formula is C23H20ClN3O2. The Balaban J connectivity index is 0.00000205. The maximum atomic E-state index is 11.3. The van der Waals surface area contributed by atoms with Gasteiger partial charge >= 0.3 is 5.76 Å². The average molecular weight is 406 g/mol. The Morgan fingerprint density at radius 3 is 2.83 bits per heavy atom. The summed E-state index contributed by atoms with van der Waals surface area (Å²) in [6.45, 7) is 0.770. The van der Waals surface area contributed by atoms with E-state index in [4.69, 9.17) is 4.42 Å². The number of H-pyrrole nitrogens is 1. The molecule has 5 nitrogen and oxygen atoms in total. The highest BCUT2D eigenvalue weighted by atomic mass is 35.5. The van der Waals surface area contributed by atoms with Crippen LogP contribution >= 0.6 is 12.4 Å². The minimum absolute atomic E-state index is 0. The normalized spacial score (nSPS) is 13.5. The van der Waals surface area contributed by atoms with Crippen LogP contribution in [0.4, 0.5) is 5.69 Å². The van der Waals surface area contributed by atoms with Gasteiger partial charge in [-0.15, -0.1) is 12.4 Å². The van der Waals surface area contributed by atoms with E-state index < -0.39 is 5.76 Å². The topological polar surface area (TPSA) is 61.6 Å². The van der Waals surface area contributed by atoms with Crippen molar-refractivity contribution in [1.82, 2.24) is 4.98 Å². The van der Waals surface area contributed by atoms with Crippen molar-refractivity contribution in [2.45, 2.75) is 12.8 Å². The van der Waals surface area contributed by atoms with Gasteiger partial charge in [0.15, 0.2) is 5.58 Å². The van der Waals surface area contributed by atoms with E-state index in [0.29, 0.717) is 5.58 Å². The first-order chi connectivity index (χ1) is 13.8. The number of aromatic nitrogens is 1. The highest BCUT2D eigenvalue weighted by Crippen LogP contribution is 2.28. The first-order valence-electron chi connectivity index (χ1n) is 9.35. The van der Waals surface area contributed by atoms with Crippen LogP contribution in [-0.4, -0.2) is 17.2 Å². The second-order valence-electron chi connectivity index (χ2n) is 6.96. The first kappa shape index (κ1) is 19.0. The van der Waals surface area contributed by atoms with Gasteiger partial charge in [-0.25, -0.2) is 4.79 Å². The highest BCUT2D eigenvalue weighted by Gasteiger charge is 2.14. The van der Waals surface area contributed by atoms with Gasteiger partial charge in [0.25, 0.3) is 0 Å². The number of hydrogen-bond donors (Lipinski definition) is 1. The smallest absolute Gasteiger partial charge is 0.408 e. The van der Waals surface area contributed by atoms with E-state index in [-0.39, 0.29) is 12.4 Å². The van der Waals surface area contributed by atoms with Crippen molar-refractivity contribution in [3.63, 3.8) is 0 Å². The Hall–Kier alpha value is -3.31. The zero-order valence-corrected chi connectivity index (χ0v) is 16.5. The van der Waals surface area contributed by atoms with Crippen molar-refractivity contribution in [3.05, 3.63) is 89.2 Å². The monoisotopic (exact) mass is 405 g/mol. The molecule has 1 aliphatic rings. The van der Waals surface area contributed by atoms with Crippen LogP contribution in [0.2, 0.25) is 0 Å². The molecule has 0 saturated heterocycles. The molecule has 4 aromatic rings. The van der Waals surface area contributed by atoms with Crippen LogP contribution in [0.3, 0.4) is 0 Å². The SMILES string of the molecule is Cl.O=c1[nH]c2ccc(CCC3=NC=CN(c4cccc5ccccc45)C3)cc2o1. The fourth-order valence-electron chi connectivity index (χ4n) is 3.71. The molecule has 0 saturated carbocycles. The molecule has 1 aromatic heterocycles. The zero-order chi connectivity index (χ0) is 18.9. The third-order valence-corrected chi connectivity index (χ3v) is 5.12. The van der Waals surface area contributed by atoms with Crippen molar-refractivity contribution in [2.75, 3.05) is 11.4 Å². The number of fused-ring (bicyclic) bond motifs is 2. The Labute approximate surface area is 173 Å². The molecule has 1 aliphatic heterocycles. The lowest BCUT2D eigenvalue weighted by Gasteiger charge is -2.25. The lowest BCUT2D eigenvalue weighted by atomic mass is 10.0. The zero-order valence-electron chi connectivity index (χ0n) is 15.7. The van der Waals surface area contributed by atoms with E-state index in [9.17, 15) is 4.79 Å². The Bertz CT molecular complexity index is 1280. The minimum Gasteiger partial charge on any atom is -0.408 e. The molecule has 29 heavy (non-hydrogen) atoms. The molecular weight excluding hydrogens is 386 g/mol. The number of aliphatic imine (C=N–C) groups is 1. The van der Waals surface area contributed by atoms with Crippen molar-refractivity contribution >= 4 is 45.7 Å². The highest BCUT2D eigenvalue weighted by molar-refractivity contribution is 5.98. The van der Waals surface area contributed by atoms with Crippen LogP contribution in [0.1, 0.15) is 12.0 Å². The van der Waals surface area contributed by atoms with Gasteiger partial charge in [-0.2, -0.15) is 0 Å². The van der Waals surface area contributed by atoms with E-state index in [1.165, 1.54) is 16.5 Å². The predicted octanol–water partition coefficient (Wildman–Crippen LogP) is 5.06. The lowest BCUT2D eigenvalue weighted by Crippen LogP contribution is -2.27. The van der Waals surface area contributed by atoms with Crippen LogP contribution in [-0.2, 0) is 6.42 Å². The summed E-state index contributed by atoms with van der Waals surface area (Å²) in [4.78, 5) is 20.8. The molecule has 0 bridgehead atoms. The second-order valence-corrected chi connectivity index (χ2v) is 6.96. The van der Waals surface area contributed by atoms with Crippen LogP contribution in [0.25, 0.3) is 21.9 Å². The predicted molar refractivity (Wildman–Crippen MR) is 120 cm³/mol. The van der Waals surface area contributed by atoms with Crippen molar-refractivity contribution in [1.29, 1.82) is 0 Å². The number of rotatable bonds is 4. The van der Waals surface area contributed by atoms with Crippen LogP contribution in [0.15, 0.2) is 87.3 Å². The van der Waals surface area contributed by atoms with Gasteiger partial charge in [0.1, 0.15) is 0 Å². The molecule has 146 valence electrons. The second kappa shape index (κ2) is 7.97. The quantitative estimate of drug-likeness (QED) is 0.516. The molecule has 0 radical (unpaired) electrons. The minimum atomic E-state index is -0.417. The molecule has 3 aromatic carbocycles. The Morgan fingerprint density at radius 1 is 1.03 bits per heavy atom. The van der Waals surface area contributed by atoms with E-state index in [0.717, 1.165) is 36.2 Å². The van der Waals surface area contributed by atoms with Gasteiger partial charge in [-0.05, 0) is 42.0 Å². The molecule has 1 N–H and O–H groups in total. The summed E-state index contributed by atoms with van der Waals surface area (Å²) in [5.41, 5.74) is 4.78. The lowest BCUT2D eigenvalue weighted by molar-refractivity contribution is 0.555. The van der Waals surface area contributed by atoms with Gasteiger partial charge in [-0.3, -0.25) is 9.98 Å². The average Bonchev–Trinajstić information content (AvgIpc) is 3.11. The van der Waals surface area contributed by atoms with Crippen LogP contribution in [0, 0.1) is 0 Å². The number of aromatic amines is 1. The summed E-state index contributed by atoms with van der Waals surface area (Å²) in [6.07, 6.45) is 5.60. The molecule has 0 spiro atoms. The van der Waals surface area contributed by atoms with E-state index in [2.05, 4.69) is 57.3 Å². The maximum absolute atomic E-state index is 11.3. The largest absolute Gasteiger partial charge is 0.417 e. The fraction of sp³-hybridized carbons (Fsp3) is 0.130. The number of halogens is 1. The summed E-state index contributed by atoms with van der Waals surface area (Å²) in [7, 11) is 0. The molecule has 6 heteroatoms. The molecule has 0 fully saturated rings. The number of hydrogen-bond acceptors (Lipinski definition) is 4. The van der Waals surface area contributed by atoms with Gasteiger partial charge in [-0.1, -0.05) is 42.5 Å².